The highest BCUT2D eigenvalue weighted by atomic mass is 16.6. The Morgan fingerprint density at radius 3 is 2.27 bits per heavy atom. The first-order valence-electron chi connectivity index (χ1n) is 6.13. The maximum absolute atomic E-state index is 6.00. The third-order valence-corrected chi connectivity index (χ3v) is 3.40. The number of ether oxygens (including phenoxy) is 3. The van der Waals surface area contributed by atoms with Crippen LogP contribution in [0.4, 0.5) is 0 Å². The molecule has 2 saturated heterocycles. The van der Waals surface area contributed by atoms with Gasteiger partial charge in [-0.15, -0.1) is 0 Å². The van der Waals surface area contributed by atoms with E-state index >= 15 is 0 Å². The van der Waals surface area contributed by atoms with Gasteiger partial charge in [0.15, 0.2) is 0 Å². The minimum absolute atomic E-state index is 0.205. The summed E-state index contributed by atoms with van der Waals surface area (Å²) in [5, 5.41) is 0. The molecule has 2 heterocycles. The quantitative estimate of drug-likeness (QED) is 0.635. The minimum Gasteiger partial charge on any atom is -0.370 e. The molecule has 0 spiro atoms. The van der Waals surface area contributed by atoms with Gasteiger partial charge in [0.2, 0.25) is 0 Å². The lowest BCUT2D eigenvalue weighted by Crippen LogP contribution is -2.29. The van der Waals surface area contributed by atoms with Gasteiger partial charge >= 0.3 is 0 Å². The summed E-state index contributed by atoms with van der Waals surface area (Å²) in [6.07, 6.45) is 4.00. The Bertz CT molecular complexity index is 219. The summed E-state index contributed by atoms with van der Waals surface area (Å²) in [7, 11) is 0. The van der Waals surface area contributed by atoms with E-state index < -0.39 is 0 Å². The second kappa shape index (κ2) is 4.40. The van der Waals surface area contributed by atoms with Gasteiger partial charge in [0.25, 0.3) is 0 Å². The molecule has 0 radical (unpaired) electrons. The molecule has 0 aliphatic carbocycles. The van der Waals surface area contributed by atoms with Crippen LogP contribution in [0.5, 0.6) is 0 Å². The molecule has 2 aliphatic rings. The molecule has 2 aliphatic heterocycles. The van der Waals surface area contributed by atoms with Crippen LogP contribution < -0.4 is 0 Å². The minimum atomic E-state index is 0.205. The van der Waals surface area contributed by atoms with Crippen molar-refractivity contribution in [3.05, 3.63) is 0 Å². The summed E-state index contributed by atoms with van der Waals surface area (Å²) in [5.41, 5.74) is 0. The van der Waals surface area contributed by atoms with Gasteiger partial charge in [0, 0.05) is 0 Å². The smallest absolute Gasteiger partial charge is 0.110 e. The van der Waals surface area contributed by atoms with Gasteiger partial charge in [-0.1, -0.05) is 13.8 Å². The van der Waals surface area contributed by atoms with E-state index in [4.69, 9.17) is 14.2 Å². The number of rotatable bonds is 6. The Hall–Kier alpha value is -0.120. The van der Waals surface area contributed by atoms with Crippen LogP contribution in [0.3, 0.4) is 0 Å². The highest BCUT2D eigenvalue weighted by Crippen LogP contribution is 2.34. The zero-order valence-electron chi connectivity index (χ0n) is 10.1. The van der Waals surface area contributed by atoms with Gasteiger partial charge in [-0.2, -0.15) is 0 Å². The molecular formula is C12H22O3. The van der Waals surface area contributed by atoms with Crippen LogP contribution in [-0.2, 0) is 14.2 Å². The third-order valence-electron chi connectivity index (χ3n) is 3.40. The molecule has 15 heavy (non-hydrogen) atoms. The van der Waals surface area contributed by atoms with Crippen molar-refractivity contribution in [3.63, 3.8) is 0 Å². The van der Waals surface area contributed by atoms with Gasteiger partial charge in [-0.3, -0.25) is 0 Å². The molecule has 0 bridgehead atoms. The predicted molar refractivity (Wildman–Crippen MR) is 57.9 cm³/mol. The Labute approximate surface area is 92.1 Å². The van der Waals surface area contributed by atoms with Crippen molar-refractivity contribution in [2.45, 2.75) is 77.2 Å². The monoisotopic (exact) mass is 214 g/mol. The molecule has 2 fully saturated rings. The zero-order valence-corrected chi connectivity index (χ0v) is 10.1. The van der Waals surface area contributed by atoms with E-state index in [2.05, 4.69) is 27.7 Å². The average molecular weight is 214 g/mol. The van der Waals surface area contributed by atoms with Crippen molar-refractivity contribution >= 4 is 0 Å². The largest absolute Gasteiger partial charge is 0.370 e. The fourth-order valence-corrected chi connectivity index (χ4v) is 2.25. The first-order chi connectivity index (χ1) is 7.17. The van der Waals surface area contributed by atoms with E-state index in [1.54, 1.807) is 0 Å². The highest BCUT2D eigenvalue weighted by molar-refractivity contribution is 4.92. The Morgan fingerprint density at radius 2 is 1.87 bits per heavy atom. The molecule has 6 unspecified atom stereocenters. The van der Waals surface area contributed by atoms with Crippen LogP contribution in [0.2, 0.25) is 0 Å². The summed E-state index contributed by atoms with van der Waals surface area (Å²) in [4.78, 5) is 0. The number of hydrogen-bond acceptors (Lipinski definition) is 3. The summed E-state index contributed by atoms with van der Waals surface area (Å²) >= 11 is 0. The molecule has 0 N–H and O–H groups in total. The van der Waals surface area contributed by atoms with Crippen LogP contribution in [-0.4, -0.2) is 36.6 Å². The van der Waals surface area contributed by atoms with Gasteiger partial charge in [0.1, 0.15) is 12.2 Å². The van der Waals surface area contributed by atoms with Gasteiger partial charge in [0.05, 0.1) is 24.4 Å². The van der Waals surface area contributed by atoms with Crippen LogP contribution in [0.25, 0.3) is 0 Å². The maximum Gasteiger partial charge on any atom is 0.110 e. The third kappa shape index (κ3) is 2.52. The van der Waals surface area contributed by atoms with Crippen molar-refractivity contribution in [2.24, 2.45) is 0 Å². The van der Waals surface area contributed by atoms with E-state index in [0.717, 1.165) is 12.8 Å². The first-order valence-corrected chi connectivity index (χ1v) is 6.13. The zero-order chi connectivity index (χ0) is 11.0. The van der Waals surface area contributed by atoms with Gasteiger partial charge in [-0.25, -0.2) is 0 Å². The Kier molecular flexibility index (Phi) is 3.33. The molecule has 2 rings (SSSR count). The van der Waals surface area contributed by atoms with E-state index in [1.807, 2.05) is 0 Å². The fourth-order valence-electron chi connectivity index (χ4n) is 2.25. The first kappa shape index (κ1) is 11.4. The summed E-state index contributed by atoms with van der Waals surface area (Å²) in [6, 6.07) is 0. The molecule has 0 aromatic heterocycles. The molecule has 0 aromatic carbocycles. The van der Waals surface area contributed by atoms with Crippen molar-refractivity contribution < 1.29 is 14.2 Å². The molecular weight excluding hydrogens is 192 g/mol. The topological polar surface area (TPSA) is 34.3 Å². The average Bonchev–Trinajstić information content (AvgIpc) is 3.09. The van der Waals surface area contributed by atoms with E-state index in [0.29, 0.717) is 24.4 Å². The molecule has 3 heteroatoms. The van der Waals surface area contributed by atoms with Gasteiger partial charge < -0.3 is 14.2 Å². The fraction of sp³-hybridized carbons (Fsp3) is 1.00. The van der Waals surface area contributed by atoms with Crippen molar-refractivity contribution in [1.82, 2.24) is 0 Å². The second-order valence-corrected chi connectivity index (χ2v) is 4.64. The molecule has 6 atom stereocenters. The lowest BCUT2D eigenvalue weighted by molar-refractivity contribution is -0.0301. The SMILES string of the molecule is CCC(OC(C)C1OC1CC)C1OC1C. The van der Waals surface area contributed by atoms with Crippen LogP contribution >= 0.6 is 0 Å². The molecule has 0 saturated carbocycles. The normalized spacial score (nSPS) is 42.4. The van der Waals surface area contributed by atoms with E-state index in [-0.39, 0.29) is 12.2 Å². The van der Waals surface area contributed by atoms with Crippen LogP contribution in [0.15, 0.2) is 0 Å². The van der Waals surface area contributed by atoms with Crippen LogP contribution in [0, 0.1) is 0 Å². The summed E-state index contributed by atoms with van der Waals surface area (Å²) in [6.45, 7) is 8.51. The molecule has 0 aromatic rings. The van der Waals surface area contributed by atoms with Crippen molar-refractivity contribution in [2.75, 3.05) is 0 Å². The van der Waals surface area contributed by atoms with Crippen molar-refractivity contribution in [1.29, 1.82) is 0 Å². The Balaban J connectivity index is 1.75. The van der Waals surface area contributed by atoms with E-state index in [1.165, 1.54) is 0 Å². The standard InChI is InChI=1S/C12H22O3/c1-5-9(11-8(4)14-11)13-7(3)12-10(6-2)15-12/h7-12H,5-6H2,1-4H3. The summed E-state index contributed by atoms with van der Waals surface area (Å²) in [5.74, 6) is 0. The number of epoxide rings is 2. The lowest BCUT2D eigenvalue weighted by atomic mass is 10.1. The van der Waals surface area contributed by atoms with E-state index in [9.17, 15) is 0 Å². The van der Waals surface area contributed by atoms with Crippen LogP contribution in [0.1, 0.15) is 40.5 Å². The molecule has 0 amide bonds. The second-order valence-electron chi connectivity index (χ2n) is 4.64. The lowest BCUT2D eigenvalue weighted by Gasteiger charge is -2.18. The summed E-state index contributed by atoms with van der Waals surface area (Å²) < 4.78 is 17.0. The van der Waals surface area contributed by atoms with Gasteiger partial charge in [-0.05, 0) is 26.7 Å². The highest BCUT2D eigenvalue weighted by Gasteiger charge is 2.46. The van der Waals surface area contributed by atoms with Crippen molar-refractivity contribution in [3.8, 4) is 0 Å². The molecule has 3 nitrogen and oxygen atoms in total. The predicted octanol–water partition coefficient (Wildman–Crippen LogP) is 2.13. The number of hydrogen-bond donors (Lipinski definition) is 0. The maximum atomic E-state index is 6.00. The Morgan fingerprint density at radius 1 is 1.20 bits per heavy atom. The molecule has 88 valence electrons.